The number of benzene rings is 3. The summed E-state index contributed by atoms with van der Waals surface area (Å²) < 4.78 is 6.35. The van der Waals surface area contributed by atoms with Crippen molar-refractivity contribution in [3.8, 4) is 0 Å². The maximum atomic E-state index is 11.0. The van der Waals surface area contributed by atoms with Crippen LogP contribution in [0.3, 0.4) is 0 Å². The third-order valence-corrected chi connectivity index (χ3v) is 5.90. The smallest absolute Gasteiger partial charge is 0.335 e. The van der Waals surface area contributed by atoms with E-state index in [2.05, 4.69) is 35.6 Å². The largest absolute Gasteiger partial charge is 0.478 e. The summed E-state index contributed by atoms with van der Waals surface area (Å²) in [5.41, 5.74) is 6.70. The average molecular weight is 416 g/mol. The second kappa shape index (κ2) is 10.4. The minimum Gasteiger partial charge on any atom is -0.478 e. The Morgan fingerprint density at radius 1 is 0.903 bits per heavy atom. The van der Waals surface area contributed by atoms with Gasteiger partial charge in [-0.15, -0.1) is 0 Å². The lowest BCUT2D eigenvalue weighted by molar-refractivity contribution is 0.0395. The summed E-state index contributed by atoms with van der Waals surface area (Å²) in [5, 5.41) is 12.5. The maximum absolute atomic E-state index is 11.0. The van der Waals surface area contributed by atoms with Gasteiger partial charge in [0.05, 0.1) is 18.3 Å². The van der Waals surface area contributed by atoms with E-state index in [0.29, 0.717) is 25.3 Å². The molecule has 3 aromatic carbocycles. The van der Waals surface area contributed by atoms with Crippen LogP contribution in [0.4, 0.5) is 0 Å². The molecule has 1 unspecified atom stereocenters. The van der Waals surface area contributed by atoms with Crippen LogP contribution in [0, 0.1) is 0 Å². The molecule has 160 valence electrons. The molecule has 0 spiro atoms. The number of carboxylic acids is 1. The molecule has 1 aliphatic rings. The molecule has 0 amide bonds. The van der Waals surface area contributed by atoms with Crippen LogP contribution in [0.15, 0.2) is 72.8 Å². The van der Waals surface area contributed by atoms with Gasteiger partial charge >= 0.3 is 5.97 Å². The molecular weight excluding hydrogens is 386 g/mol. The van der Waals surface area contributed by atoms with Gasteiger partial charge in [0.15, 0.2) is 0 Å². The van der Waals surface area contributed by atoms with E-state index in [9.17, 15) is 4.79 Å². The topological polar surface area (TPSA) is 58.6 Å². The van der Waals surface area contributed by atoms with Crippen LogP contribution in [-0.2, 0) is 30.7 Å². The van der Waals surface area contributed by atoms with E-state index in [4.69, 9.17) is 9.84 Å². The highest BCUT2D eigenvalue weighted by Gasteiger charge is 2.14. The van der Waals surface area contributed by atoms with Gasteiger partial charge in [0.2, 0.25) is 0 Å². The number of hydrogen-bond donors (Lipinski definition) is 2. The predicted octanol–water partition coefficient (Wildman–Crippen LogP) is 5.31. The van der Waals surface area contributed by atoms with Crippen molar-refractivity contribution in [3.05, 3.63) is 106 Å². The molecule has 31 heavy (non-hydrogen) atoms. The molecular formula is C27H29NO3. The number of aromatic carboxylic acids is 1. The number of fused-ring (bicyclic) bond motifs is 1. The van der Waals surface area contributed by atoms with Gasteiger partial charge in [-0.25, -0.2) is 4.79 Å². The highest BCUT2D eigenvalue weighted by atomic mass is 16.5. The molecule has 0 saturated heterocycles. The van der Waals surface area contributed by atoms with Crippen molar-refractivity contribution >= 4 is 5.97 Å². The molecule has 4 rings (SSSR count). The van der Waals surface area contributed by atoms with Crippen molar-refractivity contribution < 1.29 is 14.6 Å². The molecule has 2 N–H and O–H groups in total. The second-order valence-corrected chi connectivity index (χ2v) is 8.15. The highest BCUT2D eigenvalue weighted by molar-refractivity contribution is 5.87. The van der Waals surface area contributed by atoms with Crippen molar-refractivity contribution in [1.29, 1.82) is 0 Å². The van der Waals surface area contributed by atoms with Gasteiger partial charge in [0.25, 0.3) is 0 Å². The normalized spacial score (nSPS) is 14.1. The summed E-state index contributed by atoms with van der Waals surface area (Å²) in [6, 6.07) is 24.0. The summed E-state index contributed by atoms with van der Waals surface area (Å²) in [5.74, 6) is -0.903. The Morgan fingerprint density at radius 2 is 1.61 bits per heavy atom. The van der Waals surface area contributed by atoms with Crippen molar-refractivity contribution in [2.24, 2.45) is 0 Å². The fraction of sp³-hybridized carbons (Fsp3) is 0.296. The van der Waals surface area contributed by atoms with E-state index in [1.807, 2.05) is 30.3 Å². The molecule has 0 aromatic heterocycles. The average Bonchev–Trinajstić information content (AvgIpc) is 2.82. The summed E-state index contributed by atoms with van der Waals surface area (Å²) in [7, 11) is 0. The van der Waals surface area contributed by atoms with Gasteiger partial charge in [-0.3, -0.25) is 0 Å². The Hall–Kier alpha value is -2.95. The van der Waals surface area contributed by atoms with Crippen molar-refractivity contribution in [2.75, 3.05) is 6.54 Å². The first-order valence-corrected chi connectivity index (χ1v) is 11.0. The van der Waals surface area contributed by atoms with Crippen LogP contribution >= 0.6 is 0 Å². The lowest BCUT2D eigenvalue weighted by Gasteiger charge is -2.21. The number of carboxylic acid groups (broad SMARTS) is 1. The Kier molecular flexibility index (Phi) is 7.13. The van der Waals surface area contributed by atoms with Crippen molar-refractivity contribution in [2.45, 2.75) is 44.9 Å². The monoisotopic (exact) mass is 415 g/mol. The molecule has 4 nitrogen and oxygen atoms in total. The van der Waals surface area contributed by atoms with Crippen LogP contribution < -0.4 is 5.32 Å². The number of ether oxygens (including phenoxy) is 1. The lowest BCUT2D eigenvalue weighted by atomic mass is 9.90. The fourth-order valence-electron chi connectivity index (χ4n) is 4.13. The van der Waals surface area contributed by atoms with E-state index in [1.165, 1.54) is 42.4 Å². The van der Waals surface area contributed by atoms with E-state index in [-0.39, 0.29) is 6.10 Å². The molecule has 4 heteroatoms. The van der Waals surface area contributed by atoms with Gasteiger partial charge in [-0.2, -0.15) is 0 Å². The zero-order valence-corrected chi connectivity index (χ0v) is 17.7. The number of carbonyl (C=O) groups is 1. The van der Waals surface area contributed by atoms with E-state index >= 15 is 0 Å². The zero-order chi connectivity index (χ0) is 21.5. The molecule has 0 bridgehead atoms. The summed E-state index contributed by atoms with van der Waals surface area (Å²) >= 11 is 0. The van der Waals surface area contributed by atoms with Crippen LogP contribution in [0.5, 0.6) is 0 Å². The van der Waals surface area contributed by atoms with E-state index in [0.717, 1.165) is 11.1 Å². The lowest BCUT2D eigenvalue weighted by Crippen LogP contribution is -2.23. The predicted molar refractivity (Wildman–Crippen MR) is 122 cm³/mol. The zero-order valence-electron chi connectivity index (χ0n) is 17.7. The van der Waals surface area contributed by atoms with Crippen molar-refractivity contribution in [1.82, 2.24) is 5.32 Å². The molecule has 0 saturated carbocycles. The quantitative estimate of drug-likeness (QED) is 0.497. The van der Waals surface area contributed by atoms with Crippen molar-refractivity contribution in [3.63, 3.8) is 0 Å². The molecule has 1 aliphatic carbocycles. The fourth-order valence-corrected chi connectivity index (χ4v) is 4.13. The molecule has 3 aromatic rings. The van der Waals surface area contributed by atoms with Crippen LogP contribution in [0.1, 0.15) is 57.1 Å². The summed E-state index contributed by atoms with van der Waals surface area (Å²) in [4.78, 5) is 11.0. The van der Waals surface area contributed by atoms with Gasteiger partial charge < -0.3 is 15.2 Å². The standard InChI is InChI=1S/C27H29NO3/c29-27(30)24-14-10-20(11-15-24)17-28-18-26(23-7-2-1-3-8-23)31-19-21-12-13-22-6-4-5-9-25(22)16-21/h1-3,7-8,10-16,26,28H,4-6,9,17-19H2,(H,29,30). The van der Waals surface area contributed by atoms with E-state index in [1.54, 1.807) is 12.1 Å². The SMILES string of the molecule is O=C(O)c1ccc(CNCC(OCc2ccc3c(c2)CCCC3)c2ccccc2)cc1. The van der Waals surface area contributed by atoms with Crippen LogP contribution in [0.25, 0.3) is 0 Å². The van der Waals surface area contributed by atoms with Crippen LogP contribution in [-0.4, -0.2) is 17.6 Å². The number of rotatable bonds is 9. The second-order valence-electron chi connectivity index (χ2n) is 8.15. The minimum absolute atomic E-state index is 0.0597. The Morgan fingerprint density at radius 3 is 2.35 bits per heavy atom. The molecule has 0 radical (unpaired) electrons. The first kappa shape index (κ1) is 21.3. The van der Waals surface area contributed by atoms with Gasteiger partial charge in [-0.1, -0.05) is 60.7 Å². The Balaban J connectivity index is 1.37. The highest BCUT2D eigenvalue weighted by Crippen LogP contribution is 2.24. The molecule has 1 atom stereocenters. The van der Waals surface area contributed by atoms with Crippen LogP contribution in [0.2, 0.25) is 0 Å². The van der Waals surface area contributed by atoms with E-state index < -0.39 is 5.97 Å². The number of nitrogens with one attached hydrogen (secondary N) is 1. The Bertz CT molecular complexity index is 999. The number of aryl methyl sites for hydroxylation is 2. The maximum Gasteiger partial charge on any atom is 0.335 e. The number of hydrogen-bond acceptors (Lipinski definition) is 3. The Labute approximate surface area is 183 Å². The first-order valence-electron chi connectivity index (χ1n) is 11.0. The summed E-state index contributed by atoms with van der Waals surface area (Å²) in [6.45, 7) is 1.92. The van der Waals surface area contributed by atoms with Gasteiger partial charge in [-0.05, 0) is 65.6 Å². The third kappa shape index (κ3) is 5.81. The van der Waals surface area contributed by atoms with Gasteiger partial charge in [0, 0.05) is 13.1 Å². The third-order valence-electron chi connectivity index (χ3n) is 5.90. The summed E-state index contributed by atoms with van der Waals surface area (Å²) in [6.07, 6.45) is 4.88. The van der Waals surface area contributed by atoms with Gasteiger partial charge in [0.1, 0.15) is 0 Å². The first-order chi connectivity index (χ1) is 15.2. The molecule has 0 aliphatic heterocycles. The molecule has 0 heterocycles. The molecule has 0 fully saturated rings. The minimum atomic E-state index is -0.903.